The largest absolute Gasteiger partial charge is 0.350 e. The number of hydrogen-bond acceptors (Lipinski definition) is 3. The Hall–Kier alpha value is -0.810. The van der Waals surface area contributed by atoms with Gasteiger partial charge in [0.05, 0.1) is 0 Å². The molecule has 28 heavy (non-hydrogen) atoms. The quantitative estimate of drug-likeness (QED) is 0.541. The summed E-state index contributed by atoms with van der Waals surface area (Å²) in [4.78, 5) is 26.2. The summed E-state index contributed by atoms with van der Waals surface area (Å²) in [5, 5.41) is 6.25. The second-order valence-electron chi connectivity index (χ2n) is 9.98. The molecule has 4 aliphatic rings. The molecule has 0 aliphatic heterocycles. The van der Waals surface area contributed by atoms with Crippen molar-refractivity contribution in [1.82, 2.24) is 10.6 Å². The van der Waals surface area contributed by atoms with Gasteiger partial charge in [0, 0.05) is 18.0 Å². The number of carbonyl (C=O) groups is 2. The van der Waals surface area contributed by atoms with Gasteiger partial charge in [-0.15, -0.1) is 12.4 Å². The molecular weight excluding hydrogens is 374 g/mol. The molecule has 2 amide bonds. The maximum atomic E-state index is 13.3. The Morgan fingerprint density at radius 2 is 1.57 bits per heavy atom. The molecule has 4 saturated carbocycles. The standard InChI is InChI=1S/C22H39N3O2.ClH/c1-4-5-6-18(13-23)24-20(26)19(14(2)3)25-21(27)22-10-15-7-16(11-22)9-17(8-15)12-22;/h14-19H,4-13,23H2,1-3H3,(H,24,26)(H,25,27);1H. The first-order valence-electron chi connectivity index (χ1n) is 11.2. The van der Waals surface area contributed by atoms with E-state index in [4.69, 9.17) is 5.73 Å². The number of rotatable bonds is 9. The Bertz CT molecular complexity index is 517. The fraction of sp³-hybridized carbons (Fsp3) is 0.909. The lowest BCUT2D eigenvalue weighted by atomic mass is 9.49. The van der Waals surface area contributed by atoms with Crippen molar-refractivity contribution < 1.29 is 9.59 Å². The van der Waals surface area contributed by atoms with Crippen LogP contribution in [0.25, 0.3) is 0 Å². The van der Waals surface area contributed by atoms with Crippen LogP contribution in [0.5, 0.6) is 0 Å². The van der Waals surface area contributed by atoms with Crippen LogP contribution in [0, 0.1) is 29.1 Å². The lowest BCUT2D eigenvalue weighted by molar-refractivity contribution is -0.149. The Balaban J connectivity index is 0.00000280. The first-order chi connectivity index (χ1) is 12.9. The Morgan fingerprint density at radius 3 is 2.00 bits per heavy atom. The van der Waals surface area contributed by atoms with Gasteiger partial charge in [0.2, 0.25) is 11.8 Å². The van der Waals surface area contributed by atoms with Crippen LogP contribution in [0.2, 0.25) is 0 Å². The molecule has 162 valence electrons. The number of amides is 2. The van der Waals surface area contributed by atoms with Gasteiger partial charge in [-0.1, -0.05) is 33.6 Å². The zero-order chi connectivity index (χ0) is 19.6. The summed E-state index contributed by atoms with van der Waals surface area (Å²) in [6, 6.07) is -0.476. The number of carbonyl (C=O) groups excluding carboxylic acids is 2. The smallest absolute Gasteiger partial charge is 0.243 e. The van der Waals surface area contributed by atoms with Crippen LogP contribution in [0.3, 0.4) is 0 Å². The van der Waals surface area contributed by atoms with Crippen LogP contribution in [-0.4, -0.2) is 30.4 Å². The Labute approximate surface area is 176 Å². The molecule has 2 unspecified atom stereocenters. The van der Waals surface area contributed by atoms with Crippen molar-refractivity contribution in [3.05, 3.63) is 0 Å². The second-order valence-corrected chi connectivity index (χ2v) is 9.98. The van der Waals surface area contributed by atoms with Crippen LogP contribution in [-0.2, 0) is 9.59 Å². The molecule has 4 bridgehead atoms. The second kappa shape index (κ2) is 9.80. The van der Waals surface area contributed by atoms with E-state index in [1.165, 1.54) is 19.3 Å². The lowest BCUT2D eigenvalue weighted by Gasteiger charge is -2.55. The van der Waals surface area contributed by atoms with E-state index in [9.17, 15) is 9.59 Å². The van der Waals surface area contributed by atoms with Crippen molar-refractivity contribution in [2.75, 3.05) is 6.54 Å². The third-order valence-corrected chi connectivity index (χ3v) is 7.29. The molecule has 0 aromatic carbocycles. The van der Waals surface area contributed by atoms with E-state index in [-0.39, 0.29) is 41.6 Å². The number of nitrogens with two attached hydrogens (primary N) is 1. The highest BCUT2D eigenvalue weighted by atomic mass is 35.5. The molecular formula is C22H40ClN3O2. The molecule has 0 heterocycles. The van der Waals surface area contributed by atoms with E-state index in [1.807, 2.05) is 13.8 Å². The highest BCUT2D eigenvalue weighted by Gasteiger charge is 2.55. The Morgan fingerprint density at radius 1 is 1.04 bits per heavy atom. The molecule has 0 aromatic rings. The molecule has 4 fully saturated rings. The average molecular weight is 414 g/mol. The minimum atomic E-state index is -0.471. The number of nitrogens with one attached hydrogen (secondary N) is 2. The van der Waals surface area contributed by atoms with Crippen molar-refractivity contribution in [1.29, 1.82) is 0 Å². The third-order valence-electron chi connectivity index (χ3n) is 7.29. The summed E-state index contributed by atoms with van der Waals surface area (Å²) in [5.74, 6) is 2.30. The fourth-order valence-corrected chi connectivity index (χ4v) is 6.21. The molecule has 0 radical (unpaired) electrons. The van der Waals surface area contributed by atoms with Crippen molar-refractivity contribution in [3.8, 4) is 0 Å². The average Bonchev–Trinajstić information content (AvgIpc) is 2.61. The minimum Gasteiger partial charge on any atom is -0.350 e. The van der Waals surface area contributed by atoms with E-state index < -0.39 is 6.04 Å². The molecule has 0 saturated heterocycles. The maximum absolute atomic E-state index is 13.3. The van der Waals surface area contributed by atoms with Gasteiger partial charge in [-0.05, 0) is 68.6 Å². The number of hydrogen-bond donors (Lipinski definition) is 3. The van der Waals surface area contributed by atoms with Crippen LogP contribution < -0.4 is 16.4 Å². The van der Waals surface area contributed by atoms with Crippen molar-refractivity contribution in [2.45, 2.75) is 90.6 Å². The molecule has 4 N–H and O–H groups in total. The predicted octanol–water partition coefficient (Wildman–Crippen LogP) is 3.40. The van der Waals surface area contributed by atoms with Crippen molar-refractivity contribution in [3.63, 3.8) is 0 Å². The summed E-state index contributed by atoms with van der Waals surface area (Å²) in [7, 11) is 0. The van der Waals surface area contributed by atoms with Crippen LogP contribution in [0.15, 0.2) is 0 Å². The maximum Gasteiger partial charge on any atom is 0.243 e. The van der Waals surface area contributed by atoms with Crippen molar-refractivity contribution >= 4 is 24.2 Å². The van der Waals surface area contributed by atoms with Gasteiger partial charge in [-0.2, -0.15) is 0 Å². The Kier molecular flexibility index (Phi) is 8.21. The van der Waals surface area contributed by atoms with Gasteiger partial charge in [-0.3, -0.25) is 9.59 Å². The van der Waals surface area contributed by atoms with E-state index in [0.29, 0.717) is 6.54 Å². The van der Waals surface area contributed by atoms with E-state index in [0.717, 1.165) is 56.3 Å². The SMILES string of the molecule is CCCCC(CN)NC(=O)C(NC(=O)C12CC3CC(CC(C3)C1)C2)C(C)C.Cl. The molecule has 0 aromatic heterocycles. The fourth-order valence-electron chi connectivity index (χ4n) is 6.21. The number of unbranched alkanes of at least 4 members (excludes halogenated alkanes) is 1. The predicted molar refractivity (Wildman–Crippen MR) is 115 cm³/mol. The van der Waals surface area contributed by atoms with Gasteiger partial charge in [0.25, 0.3) is 0 Å². The topological polar surface area (TPSA) is 84.2 Å². The van der Waals surface area contributed by atoms with Gasteiger partial charge in [0.15, 0.2) is 0 Å². The first kappa shape index (κ1) is 23.5. The number of halogens is 1. The van der Waals surface area contributed by atoms with E-state index in [2.05, 4.69) is 17.6 Å². The summed E-state index contributed by atoms with van der Waals surface area (Å²) in [6.07, 6.45) is 10.1. The van der Waals surface area contributed by atoms with Crippen molar-refractivity contribution in [2.24, 2.45) is 34.8 Å². The lowest BCUT2D eigenvalue weighted by Crippen LogP contribution is -2.59. The van der Waals surface area contributed by atoms with Gasteiger partial charge in [-0.25, -0.2) is 0 Å². The highest BCUT2D eigenvalue weighted by molar-refractivity contribution is 5.90. The minimum absolute atomic E-state index is 0. The van der Waals surface area contributed by atoms with Crippen LogP contribution in [0.4, 0.5) is 0 Å². The first-order valence-corrected chi connectivity index (χ1v) is 11.2. The monoisotopic (exact) mass is 413 g/mol. The van der Waals surface area contributed by atoms with Crippen LogP contribution in [0.1, 0.15) is 78.6 Å². The van der Waals surface area contributed by atoms with Gasteiger partial charge >= 0.3 is 0 Å². The molecule has 2 atom stereocenters. The molecule has 4 aliphatic carbocycles. The zero-order valence-electron chi connectivity index (χ0n) is 17.8. The summed E-state index contributed by atoms with van der Waals surface area (Å²) < 4.78 is 0. The van der Waals surface area contributed by atoms with Crippen LogP contribution >= 0.6 is 12.4 Å². The molecule has 5 nitrogen and oxygen atoms in total. The highest BCUT2D eigenvalue weighted by Crippen LogP contribution is 2.60. The zero-order valence-corrected chi connectivity index (χ0v) is 18.7. The molecule has 4 rings (SSSR count). The normalized spacial score (nSPS) is 32.5. The van der Waals surface area contributed by atoms with Gasteiger partial charge < -0.3 is 16.4 Å². The summed E-state index contributed by atoms with van der Waals surface area (Å²) in [6.45, 7) is 6.60. The summed E-state index contributed by atoms with van der Waals surface area (Å²) >= 11 is 0. The van der Waals surface area contributed by atoms with E-state index in [1.54, 1.807) is 0 Å². The molecule has 6 heteroatoms. The van der Waals surface area contributed by atoms with E-state index >= 15 is 0 Å². The molecule has 0 spiro atoms. The summed E-state index contributed by atoms with van der Waals surface area (Å²) in [5.41, 5.74) is 5.63. The van der Waals surface area contributed by atoms with Gasteiger partial charge in [0.1, 0.15) is 6.04 Å². The third kappa shape index (κ3) is 5.02.